The summed E-state index contributed by atoms with van der Waals surface area (Å²) in [5.74, 6) is 0. The van der Waals surface area contributed by atoms with Gasteiger partial charge in [-0.1, -0.05) is 349 Å². The van der Waals surface area contributed by atoms with Crippen molar-refractivity contribution in [2.75, 3.05) is 29.4 Å². The van der Waals surface area contributed by atoms with Crippen LogP contribution in [-0.4, -0.2) is 0 Å². The van der Waals surface area contributed by atoms with Gasteiger partial charge in [0.2, 0.25) is 0 Å². The fourth-order valence-corrected chi connectivity index (χ4v) is 18.1. The average molecular weight is 1650 g/mol. The molecule has 128 heavy (non-hydrogen) atoms. The number of fused-ring (bicyclic) bond motifs is 6. The number of aryl methyl sites for hydroxylation is 8. The van der Waals surface area contributed by atoms with E-state index in [9.17, 15) is 0 Å². The normalized spacial score (nSPS) is 11.1. The zero-order valence-corrected chi connectivity index (χ0v) is 73.6. The minimum Gasteiger partial charge on any atom is -0.309 e. The summed E-state index contributed by atoms with van der Waals surface area (Å²) in [6.45, 7) is 17.2. The Kier molecular flexibility index (Phi) is 23.2. The number of anilines is 18. The molecule has 0 atom stereocenters. The average Bonchev–Trinajstić information content (AvgIpc) is 0.732. The lowest BCUT2D eigenvalue weighted by atomic mass is 9.95. The first kappa shape index (κ1) is 81.6. The van der Waals surface area contributed by atoms with Gasteiger partial charge >= 0.3 is 0 Å². The van der Waals surface area contributed by atoms with Crippen LogP contribution >= 0.6 is 0 Å². The van der Waals surface area contributed by atoms with Crippen LogP contribution in [0.4, 0.5) is 102 Å². The number of para-hydroxylation sites is 4. The van der Waals surface area contributed by atoms with E-state index in [0.717, 1.165) is 68.2 Å². The van der Waals surface area contributed by atoms with Crippen molar-refractivity contribution >= 4 is 167 Å². The summed E-state index contributed by atoms with van der Waals surface area (Å²) in [6.07, 6.45) is 0. The Morgan fingerprint density at radius 1 is 0.102 bits per heavy atom. The van der Waals surface area contributed by atoms with E-state index in [4.69, 9.17) is 0 Å². The van der Waals surface area contributed by atoms with Gasteiger partial charge in [-0.05, 0) is 212 Å². The summed E-state index contributed by atoms with van der Waals surface area (Å²) >= 11 is 0. The molecule has 21 aromatic rings. The standard InChI is InChI=1S/C42H36N2.2C40H32N2/c1-29-13-21-33(22-14-29)43(34-23-15-30(2)16-24-34)41-37-9-5-7-11-39(37)42(40-12-8-6-10-38(40)41)44(35-25-17-31(3)18-26-35)36-27-19-32(4)20-28-36;1-29-15-13-21-33(27-29)41(31-17-5-3-6-18-31)39-35-23-9-11-25-37(35)40(38-26-12-10-24-36(38)39)42(32-19-7-4-8-20-32)34-22-14-16-30(2)28-34;1-29-21-25-33(26-22-29)41(31-13-5-3-6-14-31)39-35-17-9-11-19-37(35)40(38-20-12-10-18-36(38)39)42(32-15-7-4-8-16-32)34-27-23-30(2)24-28-34/h5-28H,1-4H3;2*3-28H,1-2H3. The zero-order chi connectivity index (χ0) is 87.1. The lowest BCUT2D eigenvalue weighted by Crippen LogP contribution is -2.14. The second-order valence-electron chi connectivity index (χ2n) is 33.4. The summed E-state index contributed by atoms with van der Waals surface area (Å²) in [5, 5.41) is 14.4. The zero-order valence-electron chi connectivity index (χ0n) is 73.6. The van der Waals surface area contributed by atoms with Gasteiger partial charge in [0.05, 0.1) is 34.1 Å². The Morgan fingerprint density at radius 2 is 0.227 bits per heavy atom. The van der Waals surface area contributed by atoms with E-state index in [0.29, 0.717) is 0 Å². The Hall–Kier alpha value is -16.0. The minimum atomic E-state index is 1.13. The van der Waals surface area contributed by atoms with Gasteiger partial charge in [-0.15, -0.1) is 0 Å². The maximum absolute atomic E-state index is 2.43. The Balaban J connectivity index is 0.000000125. The lowest BCUT2D eigenvalue weighted by Gasteiger charge is -2.33. The highest BCUT2D eigenvalue weighted by molar-refractivity contribution is 6.26. The molecule has 0 heterocycles. The van der Waals surface area contributed by atoms with Crippen molar-refractivity contribution in [1.82, 2.24) is 0 Å². The van der Waals surface area contributed by atoms with Crippen molar-refractivity contribution in [3.63, 3.8) is 0 Å². The highest BCUT2D eigenvalue weighted by Crippen LogP contribution is 2.56. The van der Waals surface area contributed by atoms with Gasteiger partial charge in [0, 0.05) is 133 Å². The molecule has 0 amide bonds. The van der Waals surface area contributed by atoms with Crippen molar-refractivity contribution in [2.24, 2.45) is 0 Å². The monoisotopic (exact) mass is 1650 g/mol. The highest BCUT2D eigenvalue weighted by Gasteiger charge is 2.30. The Bertz CT molecular complexity index is 6780. The van der Waals surface area contributed by atoms with Gasteiger partial charge in [0.1, 0.15) is 0 Å². The molecule has 0 aromatic heterocycles. The third kappa shape index (κ3) is 16.4. The maximum atomic E-state index is 2.43. The molecule has 0 aliphatic carbocycles. The van der Waals surface area contributed by atoms with Crippen LogP contribution in [0.1, 0.15) is 44.5 Å². The molecule has 21 aromatic carbocycles. The van der Waals surface area contributed by atoms with Crippen LogP contribution in [0, 0.1) is 55.4 Å². The van der Waals surface area contributed by atoms with Gasteiger partial charge in [-0.3, -0.25) is 0 Å². The topological polar surface area (TPSA) is 19.4 Å². The maximum Gasteiger partial charge on any atom is 0.0619 e. The Morgan fingerprint density at radius 3 is 0.375 bits per heavy atom. The van der Waals surface area contributed by atoms with Crippen molar-refractivity contribution in [3.05, 3.63) is 506 Å². The number of rotatable bonds is 18. The molecule has 0 aliphatic rings. The summed E-state index contributed by atoms with van der Waals surface area (Å²) in [7, 11) is 0. The SMILES string of the molecule is Cc1ccc(N(c2ccc(C)cc2)c2c3ccccc3c(N(c3ccc(C)cc3)c3ccc(C)cc3)c3ccccc23)cc1.Cc1ccc(N(c2ccccc2)c2c3ccccc3c(N(c3ccccc3)c3ccc(C)cc3)c3ccccc23)cc1.Cc1cccc(N(c2ccccc2)c2c3ccccc3c(N(c3ccccc3)c3cccc(C)c3)c3ccccc23)c1. The fraction of sp³-hybridized carbons (Fsp3) is 0.0656. The van der Waals surface area contributed by atoms with Crippen LogP contribution in [0.25, 0.3) is 64.6 Å². The molecule has 0 saturated heterocycles. The molecule has 0 N–H and O–H groups in total. The lowest BCUT2D eigenvalue weighted by molar-refractivity contribution is 1.28. The van der Waals surface area contributed by atoms with E-state index in [1.165, 1.54) is 143 Å². The first-order valence-electron chi connectivity index (χ1n) is 44.2. The largest absolute Gasteiger partial charge is 0.309 e. The molecular formula is C122H100N6. The molecule has 6 nitrogen and oxygen atoms in total. The number of nitrogens with zero attached hydrogens (tertiary/aromatic N) is 6. The molecule has 0 bridgehead atoms. The van der Waals surface area contributed by atoms with Crippen molar-refractivity contribution in [3.8, 4) is 0 Å². The van der Waals surface area contributed by atoms with Crippen molar-refractivity contribution in [1.29, 1.82) is 0 Å². The van der Waals surface area contributed by atoms with Crippen molar-refractivity contribution < 1.29 is 0 Å². The van der Waals surface area contributed by atoms with E-state index >= 15 is 0 Å². The van der Waals surface area contributed by atoms with Crippen LogP contribution in [0.3, 0.4) is 0 Å². The second kappa shape index (κ2) is 36.4. The molecule has 618 valence electrons. The molecule has 21 rings (SSSR count). The van der Waals surface area contributed by atoms with E-state index in [1.807, 2.05) is 0 Å². The van der Waals surface area contributed by atoms with E-state index in [1.54, 1.807) is 0 Å². The smallest absolute Gasteiger partial charge is 0.0619 e. The third-order valence-corrected chi connectivity index (χ3v) is 24.3. The van der Waals surface area contributed by atoms with Gasteiger partial charge < -0.3 is 29.4 Å². The first-order chi connectivity index (χ1) is 62.8. The van der Waals surface area contributed by atoms with Gasteiger partial charge in [-0.25, -0.2) is 0 Å². The van der Waals surface area contributed by atoms with Crippen molar-refractivity contribution in [2.45, 2.75) is 55.4 Å². The summed E-state index contributed by atoms with van der Waals surface area (Å²) in [5.41, 5.74) is 30.6. The van der Waals surface area contributed by atoms with Crippen LogP contribution < -0.4 is 29.4 Å². The van der Waals surface area contributed by atoms with Gasteiger partial charge in [0.15, 0.2) is 0 Å². The molecule has 0 radical (unpaired) electrons. The van der Waals surface area contributed by atoms with Gasteiger partial charge in [-0.2, -0.15) is 0 Å². The van der Waals surface area contributed by atoms with Gasteiger partial charge in [0.25, 0.3) is 0 Å². The van der Waals surface area contributed by atoms with Crippen LogP contribution in [0.5, 0.6) is 0 Å². The van der Waals surface area contributed by atoms with Crippen LogP contribution in [0.2, 0.25) is 0 Å². The summed E-state index contributed by atoms with van der Waals surface area (Å²) in [4.78, 5) is 14.5. The molecular weight excluding hydrogens is 1550 g/mol. The number of hydrogen-bond donors (Lipinski definition) is 0. The quantitative estimate of drug-likeness (QED) is 0.0625. The number of hydrogen-bond acceptors (Lipinski definition) is 6. The van der Waals surface area contributed by atoms with E-state index in [-0.39, 0.29) is 0 Å². The third-order valence-electron chi connectivity index (χ3n) is 24.3. The molecule has 0 aliphatic heterocycles. The molecule has 0 saturated carbocycles. The first-order valence-corrected chi connectivity index (χ1v) is 44.2. The van der Waals surface area contributed by atoms with Crippen LogP contribution in [0.15, 0.2) is 461 Å². The predicted octanol–water partition coefficient (Wildman–Crippen LogP) is 35.3. The molecule has 0 spiro atoms. The summed E-state index contributed by atoms with van der Waals surface area (Å²) < 4.78 is 0. The fourth-order valence-electron chi connectivity index (χ4n) is 18.1. The Labute approximate surface area is 752 Å². The molecule has 0 unspecified atom stereocenters. The van der Waals surface area contributed by atoms with E-state index < -0.39 is 0 Å². The predicted molar refractivity (Wildman–Crippen MR) is 550 cm³/mol. The minimum absolute atomic E-state index is 1.13. The molecule has 6 heteroatoms. The number of benzene rings is 21. The van der Waals surface area contributed by atoms with E-state index in [2.05, 4.69) is 546 Å². The second-order valence-corrected chi connectivity index (χ2v) is 33.4. The summed E-state index contributed by atoms with van der Waals surface area (Å²) in [6, 6.07) is 167. The molecule has 0 fully saturated rings. The highest BCUT2D eigenvalue weighted by atomic mass is 15.2. The van der Waals surface area contributed by atoms with Crippen LogP contribution in [-0.2, 0) is 0 Å².